The van der Waals surface area contributed by atoms with Crippen LogP contribution in [0.25, 0.3) is 11.0 Å². The van der Waals surface area contributed by atoms with E-state index in [9.17, 15) is 19.2 Å². The Kier molecular flexibility index (Phi) is 14.4. The topological polar surface area (TPSA) is 195 Å². The van der Waals surface area contributed by atoms with E-state index in [0.29, 0.717) is 31.0 Å². The van der Waals surface area contributed by atoms with Crippen LogP contribution >= 0.6 is 0 Å². The molecule has 9 rings (SSSR count). The van der Waals surface area contributed by atoms with Gasteiger partial charge in [-0.05, 0) is 132 Å². The average Bonchev–Trinajstić information content (AvgIpc) is 4.26. The van der Waals surface area contributed by atoms with Gasteiger partial charge in [-0.25, -0.2) is 19.0 Å². The number of imidazole rings is 1. The number of hydrogen-bond donors (Lipinski definition) is 5. The monoisotopic (exact) mass is 981 g/mol. The van der Waals surface area contributed by atoms with Crippen molar-refractivity contribution in [3.05, 3.63) is 77.4 Å². The van der Waals surface area contributed by atoms with Crippen LogP contribution in [0.4, 0.5) is 36.7 Å². The summed E-state index contributed by atoms with van der Waals surface area (Å²) in [5.41, 5.74) is 4.68. The number of hydrogen-bond acceptors (Lipinski definition) is 14. The van der Waals surface area contributed by atoms with Gasteiger partial charge < -0.3 is 54.6 Å². The maximum Gasteiger partial charge on any atom is 0.408 e. The highest BCUT2D eigenvalue weighted by Crippen LogP contribution is 2.50. The first-order valence-corrected chi connectivity index (χ1v) is 25.1. The Morgan fingerprint density at radius 2 is 1.51 bits per heavy atom. The summed E-state index contributed by atoms with van der Waals surface area (Å²) in [6, 6.07) is 16.6. The summed E-state index contributed by atoms with van der Waals surface area (Å²) >= 11 is 0. The number of benzene rings is 3. The summed E-state index contributed by atoms with van der Waals surface area (Å²) in [4.78, 5) is 69.0. The summed E-state index contributed by atoms with van der Waals surface area (Å²) < 4.78 is 37.5. The Labute approximate surface area is 414 Å². The molecule has 1 aromatic heterocycles. The zero-order valence-corrected chi connectivity index (χ0v) is 41.9. The highest BCUT2D eigenvalue weighted by molar-refractivity contribution is 5.87. The van der Waals surface area contributed by atoms with Gasteiger partial charge in [0.05, 0.1) is 78.7 Å². The second-order valence-corrected chi connectivity index (χ2v) is 19.9. The van der Waals surface area contributed by atoms with E-state index in [-0.39, 0.29) is 35.9 Å². The molecule has 0 bridgehead atoms. The van der Waals surface area contributed by atoms with Crippen LogP contribution in [0.1, 0.15) is 114 Å². The fourth-order valence-electron chi connectivity index (χ4n) is 12.0. The van der Waals surface area contributed by atoms with E-state index >= 15 is 4.39 Å². The minimum atomic E-state index is -1.49. The van der Waals surface area contributed by atoms with Crippen molar-refractivity contribution in [3.8, 4) is 0 Å². The molecule has 6 heterocycles. The van der Waals surface area contributed by atoms with E-state index < -0.39 is 41.8 Å². The van der Waals surface area contributed by atoms with E-state index in [2.05, 4.69) is 79.4 Å². The molecule has 0 spiro atoms. The van der Waals surface area contributed by atoms with Gasteiger partial charge >= 0.3 is 12.2 Å². The minimum Gasteiger partial charge on any atom is -0.453 e. The van der Waals surface area contributed by atoms with Crippen LogP contribution in [0.15, 0.2) is 54.6 Å². The Balaban J connectivity index is 1.02. The van der Waals surface area contributed by atoms with Gasteiger partial charge in [-0.2, -0.15) is 0 Å². The number of carbonyl (C=O) groups excluding carboxylic acids is 4. The number of aromatic amines is 1. The van der Waals surface area contributed by atoms with Crippen LogP contribution in [0, 0.1) is 5.82 Å². The number of amides is 3. The number of aldehydes is 1. The zero-order chi connectivity index (χ0) is 50.2. The number of H-pyrrole nitrogens is 1. The lowest BCUT2D eigenvalue weighted by Crippen LogP contribution is -2.72. The predicted octanol–water partition coefficient (Wildman–Crippen LogP) is 7.50. The van der Waals surface area contributed by atoms with E-state index in [1.54, 1.807) is 24.8 Å². The molecule has 4 saturated heterocycles. The van der Waals surface area contributed by atoms with Gasteiger partial charge in [0.2, 0.25) is 5.91 Å². The summed E-state index contributed by atoms with van der Waals surface area (Å²) in [5, 5.41) is 13.0. The van der Waals surface area contributed by atoms with Crippen molar-refractivity contribution in [2.45, 2.75) is 132 Å². The van der Waals surface area contributed by atoms with Crippen LogP contribution in [-0.4, -0.2) is 134 Å². The van der Waals surface area contributed by atoms with Crippen molar-refractivity contribution >= 4 is 58.2 Å². The van der Waals surface area contributed by atoms with Crippen molar-refractivity contribution < 1.29 is 42.5 Å². The standard InChI is InChI=1S/C52H69FN10O8/c1-31(68-4)46(56-49(66)70-6)48(65)61-25-11-13-44(61)47-54-37-18-15-33(27-39(37)55-47)41-21-22-42(63(41)35-17-20-43(36(53)29-35)60-23-9-8-10-24-60)34-16-19-38-40(28-34)58-51(3,57-38)45-14-12-26-62(45)52(30-64,32(2)69-5)59-50(67)71-7/h15-20,27-32,41-42,44-46,57-58H,8-14,21-26H2,1-7H3,(H,54,55)(H,56,66)(H,59,67)/t31-,32-,41+,42+,44+,45+,46+,51?,52-/m1/s1. The number of anilines is 4. The number of fused-ring (bicyclic) bond motifs is 2. The van der Waals surface area contributed by atoms with Crippen LogP contribution in [0.3, 0.4) is 0 Å². The quantitative estimate of drug-likeness (QED) is 0.0735. The lowest BCUT2D eigenvalue weighted by Gasteiger charge is -2.48. The number of nitrogens with one attached hydrogen (secondary N) is 5. The molecule has 5 N–H and O–H groups in total. The minimum absolute atomic E-state index is 0.124. The molecule has 0 saturated carbocycles. The SMILES string of the molecule is COC(=O)N[C@H](C(=O)N1CCC[C@H]1c1nc2cc([C@@H]3CC[C@@H](c4ccc5c(c4)NC(C)([C@@H]4CCCN4[C@@](C=O)(NC(=O)OC)[C@@H](C)OC)N5)N3c3ccc(N4CCCCC4)c(F)c3)ccc2[nH]1)[C@@H](C)OC. The number of rotatable bonds is 15. The van der Waals surface area contributed by atoms with Gasteiger partial charge in [0, 0.05) is 46.1 Å². The highest BCUT2D eigenvalue weighted by Gasteiger charge is 2.55. The van der Waals surface area contributed by atoms with Crippen LogP contribution in [0.5, 0.6) is 0 Å². The van der Waals surface area contributed by atoms with Crippen molar-refractivity contribution in [1.29, 1.82) is 0 Å². The number of alkyl carbamates (subject to hydrolysis) is 2. The second kappa shape index (κ2) is 20.5. The summed E-state index contributed by atoms with van der Waals surface area (Å²) in [6.07, 6.45) is 5.83. The fraction of sp³-hybridized carbons (Fsp3) is 0.558. The molecule has 3 amide bonds. The van der Waals surface area contributed by atoms with Gasteiger partial charge in [-0.1, -0.05) is 12.1 Å². The maximum absolute atomic E-state index is 16.5. The molecule has 0 radical (unpaired) electrons. The molecule has 4 aromatic rings. The number of nitrogens with zero attached hydrogens (tertiary/aromatic N) is 5. The second-order valence-electron chi connectivity index (χ2n) is 19.9. The van der Waals surface area contributed by atoms with Crippen molar-refractivity contribution in [1.82, 2.24) is 30.4 Å². The first-order chi connectivity index (χ1) is 34.3. The number of likely N-dealkylation sites (tertiary alicyclic amines) is 2. The molecule has 382 valence electrons. The zero-order valence-electron chi connectivity index (χ0n) is 41.9. The smallest absolute Gasteiger partial charge is 0.408 e. The summed E-state index contributed by atoms with van der Waals surface area (Å²) in [6.45, 7) is 8.28. The third-order valence-electron chi connectivity index (χ3n) is 15.9. The summed E-state index contributed by atoms with van der Waals surface area (Å²) in [7, 11) is 5.55. The fourth-order valence-corrected chi connectivity index (χ4v) is 12.0. The number of methoxy groups -OCH3 is 4. The molecule has 3 aromatic carbocycles. The van der Waals surface area contributed by atoms with E-state index in [1.807, 2.05) is 17.0 Å². The van der Waals surface area contributed by atoms with Gasteiger partial charge in [-0.15, -0.1) is 0 Å². The summed E-state index contributed by atoms with van der Waals surface area (Å²) in [5.74, 6) is 0.151. The number of halogens is 1. The first-order valence-electron chi connectivity index (χ1n) is 25.1. The van der Waals surface area contributed by atoms with Crippen molar-refractivity contribution in [2.24, 2.45) is 0 Å². The van der Waals surface area contributed by atoms with Crippen molar-refractivity contribution in [3.63, 3.8) is 0 Å². The van der Waals surface area contributed by atoms with Gasteiger partial charge in [0.25, 0.3) is 0 Å². The number of aromatic nitrogens is 2. The molecular formula is C52H69FN10O8. The van der Waals surface area contributed by atoms with Gasteiger partial charge in [-0.3, -0.25) is 19.8 Å². The van der Waals surface area contributed by atoms with E-state index in [4.69, 9.17) is 23.9 Å². The lowest BCUT2D eigenvalue weighted by atomic mass is 9.95. The average molecular weight is 981 g/mol. The molecule has 5 aliphatic heterocycles. The molecule has 9 atom stereocenters. The Bertz CT molecular complexity index is 2610. The largest absolute Gasteiger partial charge is 0.453 e. The Morgan fingerprint density at radius 3 is 2.20 bits per heavy atom. The molecule has 0 aliphatic carbocycles. The van der Waals surface area contributed by atoms with Crippen LogP contribution in [-0.2, 0) is 28.5 Å². The third kappa shape index (κ3) is 9.31. The van der Waals surface area contributed by atoms with Crippen molar-refractivity contribution in [2.75, 3.05) is 75.1 Å². The lowest BCUT2D eigenvalue weighted by molar-refractivity contribution is -0.137. The highest BCUT2D eigenvalue weighted by atomic mass is 19.1. The Morgan fingerprint density at radius 1 is 0.803 bits per heavy atom. The number of ether oxygens (including phenoxy) is 4. The van der Waals surface area contributed by atoms with Crippen LogP contribution < -0.4 is 31.1 Å². The van der Waals surface area contributed by atoms with E-state index in [1.165, 1.54) is 28.4 Å². The number of carbonyl (C=O) groups is 4. The molecule has 1 unspecified atom stereocenters. The predicted molar refractivity (Wildman–Crippen MR) is 268 cm³/mol. The molecule has 4 fully saturated rings. The normalized spacial score (nSPS) is 25.4. The molecule has 71 heavy (non-hydrogen) atoms. The van der Waals surface area contributed by atoms with Gasteiger partial charge in [0.1, 0.15) is 23.3 Å². The third-order valence-corrected chi connectivity index (χ3v) is 15.9. The molecule has 5 aliphatic rings. The van der Waals surface area contributed by atoms with Crippen LogP contribution in [0.2, 0.25) is 0 Å². The first kappa shape index (κ1) is 49.8. The molecular weight excluding hydrogens is 912 g/mol. The molecule has 19 heteroatoms. The number of piperidine rings is 1. The Hall–Kier alpha value is -6.18. The maximum atomic E-state index is 16.5. The molecule has 18 nitrogen and oxygen atoms in total. The van der Waals surface area contributed by atoms with Gasteiger partial charge in [0.15, 0.2) is 11.9 Å². The van der Waals surface area contributed by atoms with E-state index in [0.717, 1.165) is 110 Å².